The summed E-state index contributed by atoms with van der Waals surface area (Å²) in [6, 6.07) is 12.1. The van der Waals surface area contributed by atoms with Gasteiger partial charge >= 0.3 is 0 Å². The molecule has 0 saturated heterocycles. The number of ether oxygens (including phenoxy) is 1. The molecule has 0 unspecified atom stereocenters. The van der Waals surface area contributed by atoms with E-state index >= 15 is 0 Å². The van der Waals surface area contributed by atoms with Gasteiger partial charge in [0.15, 0.2) is 11.5 Å². The number of hydrogen-bond donors (Lipinski definition) is 1. The van der Waals surface area contributed by atoms with Gasteiger partial charge in [-0.2, -0.15) is 0 Å². The second-order valence-electron chi connectivity index (χ2n) is 6.31. The van der Waals surface area contributed by atoms with E-state index in [-0.39, 0.29) is 11.3 Å². The van der Waals surface area contributed by atoms with Gasteiger partial charge in [-0.05, 0) is 30.2 Å². The smallest absolute Gasteiger partial charge is 0.273 e. The van der Waals surface area contributed by atoms with Crippen LogP contribution in [-0.2, 0) is 17.8 Å². The number of nitrogens with zero attached hydrogens (tertiary/aromatic N) is 1. The van der Waals surface area contributed by atoms with Gasteiger partial charge in [-0.3, -0.25) is 4.79 Å². The van der Waals surface area contributed by atoms with Crippen LogP contribution in [0.4, 0.5) is 0 Å². The number of nitrogens with one attached hydrogen (secondary N) is 1. The quantitative estimate of drug-likeness (QED) is 0.853. The lowest BCUT2D eigenvalue weighted by molar-refractivity contribution is 0.0851. The number of carbonyl (C=O) groups is 1. The fraction of sp³-hybridized carbons (Fsp3) is 0.444. The molecule has 5 nitrogen and oxygen atoms in total. The summed E-state index contributed by atoms with van der Waals surface area (Å²) >= 11 is 0. The van der Waals surface area contributed by atoms with Gasteiger partial charge in [-0.25, -0.2) is 0 Å². The van der Waals surface area contributed by atoms with Gasteiger partial charge in [0.05, 0.1) is 0 Å². The van der Waals surface area contributed by atoms with E-state index in [2.05, 4.69) is 34.7 Å². The number of carbonyl (C=O) groups excluding carboxylic acids is 1. The second-order valence-corrected chi connectivity index (χ2v) is 6.31. The second kappa shape index (κ2) is 6.96. The van der Waals surface area contributed by atoms with Crippen molar-refractivity contribution in [1.29, 1.82) is 0 Å². The number of methoxy groups -OCH3 is 1. The van der Waals surface area contributed by atoms with Crippen molar-refractivity contribution < 1.29 is 14.1 Å². The van der Waals surface area contributed by atoms with Gasteiger partial charge in [0.2, 0.25) is 0 Å². The molecule has 0 radical (unpaired) electrons. The molecule has 1 saturated carbocycles. The highest BCUT2D eigenvalue weighted by molar-refractivity contribution is 5.92. The molecule has 0 atom stereocenters. The Balaban J connectivity index is 1.58. The lowest BCUT2D eigenvalue weighted by Crippen LogP contribution is -2.43. The number of benzene rings is 1. The van der Waals surface area contributed by atoms with E-state index in [0.717, 1.165) is 19.3 Å². The normalized spacial score (nSPS) is 15.9. The molecule has 1 amide bonds. The van der Waals surface area contributed by atoms with Gasteiger partial charge in [-0.15, -0.1) is 0 Å². The maximum atomic E-state index is 12.2. The molecule has 122 valence electrons. The first-order chi connectivity index (χ1) is 11.2. The zero-order valence-electron chi connectivity index (χ0n) is 13.4. The van der Waals surface area contributed by atoms with E-state index in [9.17, 15) is 4.79 Å². The summed E-state index contributed by atoms with van der Waals surface area (Å²) in [5.74, 6) is 0.371. The number of amides is 1. The van der Waals surface area contributed by atoms with Gasteiger partial charge in [0.1, 0.15) is 6.61 Å². The molecule has 1 heterocycles. The summed E-state index contributed by atoms with van der Waals surface area (Å²) in [4.78, 5) is 12.2. The third-order valence-electron chi connectivity index (χ3n) is 4.54. The lowest BCUT2D eigenvalue weighted by Gasteiger charge is -2.42. The Hall–Kier alpha value is -2.14. The average Bonchev–Trinajstić information content (AvgIpc) is 3.00. The van der Waals surface area contributed by atoms with Crippen molar-refractivity contribution in [3.8, 4) is 0 Å². The Morgan fingerprint density at radius 2 is 2.13 bits per heavy atom. The fourth-order valence-corrected chi connectivity index (χ4v) is 3.11. The van der Waals surface area contributed by atoms with Gasteiger partial charge in [0, 0.05) is 19.7 Å². The van der Waals surface area contributed by atoms with E-state index in [0.29, 0.717) is 24.6 Å². The van der Waals surface area contributed by atoms with Crippen molar-refractivity contribution in [2.45, 2.75) is 32.3 Å². The zero-order valence-corrected chi connectivity index (χ0v) is 13.4. The van der Waals surface area contributed by atoms with Crippen LogP contribution >= 0.6 is 0 Å². The molecule has 1 N–H and O–H groups in total. The first-order valence-corrected chi connectivity index (χ1v) is 7.97. The molecule has 0 aliphatic heterocycles. The molecule has 5 heteroatoms. The van der Waals surface area contributed by atoms with E-state index in [4.69, 9.17) is 9.26 Å². The third kappa shape index (κ3) is 3.79. The summed E-state index contributed by atoms with van der Waals surface area (Å²) in [5.41, 5.74) is 1.81. The van der Waals surface area contributed by atoms with Crippen molar-refractivity contribution in [1.82, 2.24) is 10.5 Å². The monoisotopic (exact) mass is 314 g/mol. The van der Waals surface area contributed by atoms with Crippen LogP contribution in [0.3, 0.4) is 0 Å². The van der Waals surface area contributed by atoms with Crippen LogP contribution < -0.4 is 5.32 Å². The highest BCUT2D eigenvalue weighted by atomic mass is 16.5. The average molecular weight is 314 g/mol. The third-order valence-corrected chi connectivity index (χ3v) is 4.54. The standard InChI is InChI=1S/C18H22N2O3/c1-22-12-15-10-16(20-23-15)17(21)19-13-18(8-5-9-18)11-14-6-3-2-4-7-14/h2-4,6-7,10H,5,8-9,11-13H2,1H3,(H,19,21). The summed E-state index contributed by atoms with van der Waals surface area (Å²) in [5, 5.41) is 6.81. The van der Waals surface area contributed by atoms with Crippen LogP contribution in [-0.4, -0.2) is 24.7 Å². The molecule has 1 aromatic heterocycles. The summed E-state index contributed by atoms with van der Waals surface area (Å²) < 4.78 is 10.0. The Morgan fingerprint density at radius 1 is 1.35 bits per heavy atom. The molecule has 1 aliphatic rings. The SMILES string of the molecule is COCc1cc(C(=O)NCC2(Cc3ccccc3)CCC2)no1. The van der Waals surface area contributed by atoms with Gasteiger partial charge in [-0.1, -0.05) is 41.9 Å². The van der Waals surface area contributed by atoms with E-state index in [1.807, 2.05) is 6.07 Å². The summed E-state index contributed by atoms with van der Waals surface area (Å²) in [6.07, 6.45) is 4.53. The minimum absolute atomic E-state index is 0.177. The van der Waals surface area contributed by atoms with Crippen molar-refractivity contribution in [2.24, 2.45) is 5.41 Å². The first-order valence-electron chi connectivity index (χ1n) is 7.97. The Bertz CT molecular complexity index is 647. The van der Waals surface area contributed by atoms with Crippen molar-refractivity contribution in [2.75, 3.05) is 13.7 Å². The number of rotatable bonds is 7. The number of aromatic nitrogens is 1. The van der Waals surface area contributed by atoms with E-state index in [1.165, 1.54) is 12.0 Å². The van der Waals surface area contributed by atoms with Crippen LogP contribution in [0.15, 0.2) is 40.9 Å². The van der Waals surface area contributed by atoms with Crippen molar-refractivity contribution in [3.05, 3.63) is 53.4 Å². The molecule has 1 aromatic carbocycles. The van der Waals surface area contributed by atoms with E-state index in [1.54, 1.807) is 13.2 Å². The number of hydrogen-bond acceptors (Lipinski definition) is 4. The molecule has 0 bridgehead atoms. The van der Waals surface area contributed by atoms with Crippen molar-refractivity contribution >= 4 is 5.91 Å². The topological polar surface area (TPSA) is 64.4 Å². The first kappa shape index (κ1) is 15.7. The summed E-state index contributed by atoms with van der Waals surface area (Å²) in [6.45, 7) is 0.991. The van der Waals surface area contributed by atoms with Crippen molar-refractivity contribution in [3.63, 3.8) is 0 Å². The van der Waals surface area contributed by atoms with Gasteiger partial charge in [0.25, 0.3) is 5.91 Å². The maximum Gasteiger partial charge on any atom is 0.273 e. The molecule has 23 heavy (non-hydrogen) atoms. The molecular formula is C18H22N2O3. The van der Waals surface area contributed by atoms with Gasteiger partial charge < -0.3 is 14.6 Å². The molecule has 2 aromatic rings. The van der Waals surface area contributed by atoms with Crippen LogP contribution in [0.2, 0.25) is 0 Å². The zero-order chi connectivity index (χ0) is 16.1. The molecule has 1 aliphatic carbocycles. The molecule has 3 rings (SSSR count). The van der Waals surface area contributed by atoms with E-state index < -0.39 is 0 Å². The highest BCUT2D eigenvalue weighted by Crippen LogP contribution is 2.43. The predicted molar refractivity (Wildman–Crippen MR) is 86.0 cm³/mol. The molecule has 1 fully saturated rings. The highest BCUT2D eigenvalue weighted by Gasteiger charge is 2.37. The van der Waals surface area contributed by atoms with Crippen LogP contribution in [0, 0.1) is 5.41 Å². The Kier molecular flexibility index (Phi) is 4.76. The largest absolute Gasteiger partial charge is 0.377 e. The van der Waals surface area contributed by atoms with Crippen LogP contribution in [0.25, 0.3) is 0 Å². The maximum absolute atomic E-state index is 12.2. The van der Waals surface area contributed by atoms with Crippen LogP contribution in [0.1, 0.15) is 41.1 Å². The van der Waals surface area contributed by atoms with Crippen LogP contribution in [0.5, 0.6) is 0 Å². The minimum atomic E-state index is -0.185. The minimum Gasteiger partial charge on any atom is -0.377 e. The molecular weight excluding hydrogens is 292 g/mol. The fourth-order valence-electron chi connectivity index (χ4n) is 3.11. The Labute approximate surface area is 136 Å². The summed E-state index contributed by atoms with van der Waals surface area (Å²) in [7, 11) is 1.58. The lowest BCUT2D eigenvalue weighted by atomic mass is 9.65. The predicted octanol–water partition coefficient (Wildman–Crippen LogP) is 2.96. The Morgan fingerprint density at radius 3 is 2.78 bits per heavy atom. The molecule has 0 spiro atoms.